The number of fused-ring (bicyclic) bond motifs is 3. The first-order chi connectivity index (χ1) is 16.4. The molecule has 0 saturated heterocycles. The van der Waals surface area contributed by atoms with Gasteiger partial charge in [-0.05, 0) is 59.9 Å². The molecule has 5 rings (SSSR count). The van der Waals surface area contributed by atoms with Gasteiger partial charge in [-0.3, -0.25) is 4.72 Å². The lowest BCUT2D eigenvalue weighted by Crippen LogP contribution is -2.29. The molecule has 0 unspecified atom stereocenters. The van der Waals surface area contributed by atoms with Gasteiger partial charge in [-0.1, -0.05) is 42.0 Å². The Bertz CT molecular complexity index is 1370. The van der Waals surface area contributed by atoms with Crippen LogP contribution < -0.4 is 19.5 Å². The normalized spacial score (nSPS) is 20.7. The summed E-state index contributed by atoms with van der Waals surface area (Å²) in [7, 11) is -0.772. The predicted octanol–water partition coefficient (Wildman–Crippen LogP) is 5.98. The summed E-state index contributed by atoms with van der Waals surface area (Å²) in [5.41, 5.74) is 3.34. The standard InChI is InChI=1S/C26H25ClN2O4S/c1-32-24-13-10-16(14-25(24)33-2)29-34(30,31)17-11-12-23-21(15-17)18-7-5-8-19(18)26(28-23)20-6-3-4-9-22(20)27/h3-7,9-15,18-19,26,28-29H,8H2,1-2H3/t18-,19+,26-/m0/s1. The van der Waals surface area contributed by atoms with Crippen molar-refractivity contribution in [2.75, 3.05) is 24.3 Å². The molecule has 1 aliphatic carbocycles. The zero-order chi connectivity index (χ0) is 23.9. The van der Waals surface area contributed by atoms with E-state index in [1.54, 1.807) is 30.3 Å². The molecule has 2 aliphatic rings. The third kappa shape index (κ3) is 3.99. The van der Waals surface area contributed by atoms with Gasteiger partial charge in [0.25, 0.3) is 10.0 Å². The van der Waals surface area contributed by atoms with E-state index < -0.39 is 10.0 Å². The molecule has 8 heteroatoms. The van der Waals surface area contributed by atoms with Crippen LogP contribution in [0.5, 0.6) is 11.5 Å². The summed E-state index contributed by atoms with van der Waals surface area (Å²) in [5.74, 6) is 1.33. The lowest BCUT2D eigenvalue weighted by molar-refractivity contribution is 0.355. The molecule has 2 N–H and O–H groups in total. The number of anilines is 2. The summed E-state index contributed by atoms with van der Waals surface area (Å²) in [6, 6.07) is 18.0. The number of halogens is 1. The van der Waals surface area contributed by atoms with Crippen LogP contribution >= 0.6 is 11.6 Å². The number of nitrogens with one attached hydrogen (secondary N) is 2. The molecule has 0 aromatic heterocycles. The second-order valence-corrected chi connectivity index (χ2v) is 10.5. The Morgan fingerprint density at radius 3 is 2.53 bits per heavy atom. The zero-order valence-corrected chi connectivity index (χ0v) is 20.4. The van der Waals surface area contributed by atoms with Gasteiger partial charge in [-0.25, -0.2) is 8.42 Å². The molecule has 3 atom stereocenters. The highest BCUT2D eigenvalue weighted by Crippen LogP contribution is 2.51. The van der Waals surface area contributed by atoms with Gasteiger partial charge in [0.05, 0.1) is 30.8 Å². The number of methoxy groups -OCH3 is 2. The van der Waals surface area contributed by atoms with Crippen LogP contribution in [0, 0.1) is 5.92 Å². The van der Waals surface area contributed by atoms with E-state index in [0.717, 1.165) is 28.3 Å². The Hall–Kier alpha value is -3.16. The van der Waals surface area contributed by atoms with Crippen LogP contribution in [-0.4, -0.2) is 22.6 Å². The van der Waals surface area contributed by atoms with Crippen LogP contribution in [0.2, 0.25) is 5.02 Å². The molecule has 0 bridgehead atoms. The Morgan fingerprint density at radius 2 is 1.76 bits per heavy atom. The summed E-state index contributed by atoms with van der Waals surface area (Å²) in [6.07, 6.45) is 5.24. The summed E-state index contributed by atoms with van der Waals surface area (Å²) < 4.78 is 39.6. The fraction of sp³-hybridized carbons (Fsp3) is 0.231. The molecule has 176 valence electrons. The van der Waals surface area contributed by atoms with Crippen molar-refractivity contribution in [1.29, 1.82) is 0 Å². The van der Waals surface area contributed by atoms with Gasteiger partial charge >= 0.3 is 0 Å². The van der Waals surface area contributed by atoms with Gasteiger partial charge in [0.2, 0.25) is 0 Å². The van der Waals surface area contributed by atoms with Crippen LogP contribution in [0.3, 0.4) is 0 Å². The van der Waals surface area contributed by atoms with Crippen molar-refractivity contribution < 1.29 is 17.9 Å². The Labute approximate surface area is 204 Å². The molecule has 0 spiro atoms. The smallest absolute Gasteiger partial charge is 0.261 e. The lowest BCUT2D eigenvalue weighted by atomic mass is 9.77. The topological polar surface area (TPSA) is 76.7 Å². The van der Waals surface area contributed by atoms with E-state index in [-0.39, 0.29) is 22.8 Å². The molecule has 0 radical (unpaired) electrons. The molecule has 6 nitrogen and oxygen atoms in total. The van der Waals surface area contributed by atoms with Crippen molar-refractivity contribution in [3.63, 3.8) is 0 Å². The highest BCUT2D eigenvalue weighted by molar-refractivity contribution is 7.92. The molecular formula is C26H25ClN2O4S. The summed E-state index contributed by atoms with van der Waals surface area (Å²) in [6.45, 7) is 0. The molecule has 0 amide bonds. The first-order valence-corrected chi connectivity index (χ1v) is 12.8. The van der Waals surface area contributed by atoms with Crippen molar-refractivity contribution in [2.24, 2.45) is 5.92 Å². The molecule has 0 fully saturated rings. The van der Waals surface area contributed by atoms with Gasteiger partial charge in [0.15, 0.2) is 11.5 Å². The van der Waals surface area contributed by atoms with E-state index in [2.05, 4.69) is 22.2 Å². The van der Waals surface area contributed by atoms with E-state index >= 15 is 0 Å². The molecule has 1 heterocycles. The second-order valence-electron chi connectivity index (χ2n) is 8.42. The van der Waals surface area contributed by atoms with Crippen LogP contribution in [0.25, 0.3) is 0 Å². The average molecular weight is 497 g/mol. The number of hydrogen-bond donors (Lipinski definition) is 2. The molecule has 0 saturated carbocycles. The molecule has 34 heavy (non-hydrogen) atoms. The number of rotatable bonds is 6. The SMILES string of the molecule is COc1ccc(NS(=O)(=O)c2ccc3c(c2)[C@H]2C=CC[C@H]2[C@@H](c2ccccc2Cl)N3)cc1OC. The molecule has 3 aromatic carbocycles. The highest BCUT2D eigenvalue weighted by Gasteiger charge is 2.39. The number of allylic oxidation sites excluding steroid dienone is 2. The van der Waals surface area contributed by atoms with Crippen LogP contribution in [0.15, 0.2) is 77.7 Å². The van der Waals surface area contributed by atoms with E-state index in [4.69, 9.17) is 21.1 Å². The van der Waals surface area contributed by atoms with E-state index in [9.17, 15) is 8.42 Å². The first kappa shape index (κ1) is 22.6. The van der Waals surface area contributed by atoms with Crippen molar-refractivity contribution in [2.45, 2.75) is 23.3 Å². The third-order valence-electron chi connectivity index (χ3n) is 6.52. The minimum atomic E-state index is -3.81. The summed E-state index contributed by atoms with van der Waals surface area (Å²) in [5, 5.41) is 4.34. The van der Waals surface area contributed by atoms with Crippen LogP contribution in [0.1, 0.15) is 29.5 Å². The van der Waals surface area contributed by atoms with E-state index in [1.165, 1.54) is 14.2 Å². The van der Waals surface area contributed by atoms with Gasteiger partial charge in [0, 0.05) is 22.7 Å². The fourth-order valence-corrected chi connectivity index (χ4v) is 6.23. The van der Waals surface area contributed by atoms with Crippen molar-refractivity contribution in [3.8, 4) is 11.5 Å². The third-order valence-corrected chi connectivity index (χ3v) is 8.24. The van der Waals surface area contributed by atoms with Crippen molar-refractivity contribution in [3.05, 3.63) is 89.0 Å². The van der Waals surface area contributed by atoms with Gasteiger partial charge in [0.1, 0.15) is 0 Å². The molecule has 1 aliphatic heterocycles. The fourth-order valence-electron chi connectivity index (χ4n) is 4.89. The van der Waals surface area contributed by atoms with Crippen molar-refractivity contribution in [1.82, 2.24) is 0 Å². The first-order valence-electron chi connectivity index (χ1n) is 11.0. The largest absolute Gasteiger partial charge is 0.493 e. The van der Waals surface area contributed by atoms with Crippen LogP contribution in [0.4, 0.5) is 11.4 Å². The number of ether oxygens (including phenoxy) is 2. The summed E-state index contributed by atoms with van der Waals surface area (Å²) >= 11 is 6.51. The Balaban J connectivity index is 1.47. The minimum Gasteiger partial charge on any atom is -0.493 e. The number of hydrogen-bond acceptors (Lipinski definition) is 5. The minimum absolute atomic E-state index is 0.0496. The van der Waals surface area contributed by atoms with Gasteiger partial charge in [-0.2, -0.15) is 0 Å². The quantitative estimate of drug-likeness (QED) is 0.410. The van der Waals surface area contributed by atoms with E-state index in [0.29, 0.717) is 17.2 Å². The zero-order valence-electron chi connectivity index (χ0n) is 18.8. The average Bonchev–Trinajstić information content (AvgIpc) is 3.34. The maximum absolute atomic E-state index is 13.2. The monoisotopic (exact) mass is 496 g/mol. The molecular weight excluding hydrogens is 472 g/mol. The highest BCUT2D eigenvalue weighted by atomic mass is 35.5. The van der Waals surface area contributed by atoms with E-state index in [1.807, 2.05) is 30.3 Å². The van der Waals surface area contributed by atoms with Gasteiger partial charge in [-0.15, -0.1) is 0 Å². The second kappa shape index (κ2) is 8.89. The lowest BCUT2D eigenvalue weighted by Gasteiger charge is -2.38. The van der Waals surface area contributed by atoms with Crippen LogP contribution in [-0.2, 0) is 10.0 Å². The van der Waals surface area contributed by atoms with Crippen molar-refractivity contribution >= 4 is 33.0 Å². The number of benzene rings is 3. The van der Waals surface area contributed by atoms with Gasteiger partial charge < -0.3 is 14.8 Å². The maximum atomic E-state index is 13.2. The summed E-state index contributed by atoms with van der Waals surface area (Å²) in [4.78, 5) is 0.207. The Kier molecular flexibility index (Phi) is 5.91. The Morgan fingerprint density at radius 1 is 0.971 bits per heavy atom. The number of sulfonamides is 1. The molecule has 3 aromatic rings. The maximum Gasteiger partial charge on any atom is 0.261 e. The predicted molar refractivity (Wildman–Crippen MR) is 135 cm³/mol.